The second-order valence-electron chi connectivity index (χ2n) is 6.10. The van der Waals surface area contributed by atoms with Gasteiger partial charge in [-0.1, -0.05) is 60.7 Å². The largest absolute Gasteiger partial charge is 0.491 e. The lowest BCUT2D eigenvalue weighted by molar-refractivity contribution is 0.0945. The number of benzene rings is 3. The van der Waals surface area contributed by atoms with Crippen molar-refractivity contribution in [2.45, 2.75) is 6.92 Å². The zero-order valence-corrected chi connectivity index (χ0v) is 15.1. The molecule has 0 aromatic heterocycles. The first-order valence-corrected chi connectivity index (χ1v) is 8.81. The highest BCUT2D eigenvalue weighted by Gasteiger charge is 2.08. The molecule has 0 aliphatic rings. The Bertz CT molecular complexity index is 918. The second kappa shape index (κ2) is 8.81. The van der Waals surface area contributed by atoms with Crippen LogP contribution < -0.4 is 10.1 Å². The number of amides is 1. The molecule has 1 amide bonds. The minimum Gasteiger partial charge on any atom is -0.491 e. The molecule has 3 aromatic rings. The summed E-state index contributed by atoms with van der Waals surface area (Å²) in [4.78, 5) is 23.5. The Balaban J connectivity index is 1.55. The summed E-state index contributed by atoms with van der Waals surface area (Å²) in [6, 6.07) is 24.5. The Hall–Kier alpha value is -3.40. The standard InChI is InChI=1S/C23H21NO3/c1-17(25)18-11-13-20(14-12-18)23(26)24-15-16-27-22-10-6-5-9-21(22)19-7-3-2-4-8-19/h2-14H,15-16H2,1H3,(H,24,26). The van der Waals surface area contributed by atoms with Crippen molar-refractivity contribution in [3.8, 4) is 16.9 Å². The van der Waals surface area contributed by atoms with E-state index < -0.39 is 0 Å². The predicted molar refractivity (Wildman–Crippen MR) is 106 cm³/mol. The zero-order valence-electron chi connectivity index (χ0n) is 15.1. The minimum atomic E-state index is -0.190. The van der Waals surface area contributed by atoms with Crippen LogP contribution in [0, 0.1) is 0 Å². The zero-order chi connectivity index (χ0) is 19.1. The maximum absolute atomic E-state index is 12.2. The summed E-state index contributed by atoms with van der Waals surface area (Å²) in [6.07, 6.45) is 0. The first kappa shape index (κ1) is 18.4. The van der Waals surface area contributed by atoms with E-state index in [2.05, 4.69) is 5.32 Å². The fourth-order valence-corrected chi connectivity index (χ4v) is 2.73. The van der Waals surface area contributed by atoms with Gasteiger partial charge < -0.3 is 10.1 Å². The van der Waals surface area contributed by atoms with Gasteiger partial charge in [0, 0.05) is 16.7 Å². The number of hydrogen-bond acceptors (Lipinski definition) is 3. The Morgan fingerprint density at radius 1 is 0.815 bits per heavy atom. The molecule has 0 aliphatic heterocycles. The van der Waals surface area contributed by atoms with Crippen LogP contribution in [0.15, 0.2) is 78.9 Å². The molecule has 0 unspecified atom stereocenters. The maximum Gasteiger partial charge on any atom is 0.251 e. The lowest BCUT2D eigenvalue weighted by atomic mass is 10.1. The molecule has 0 saturated heterocycles. The number of hydrogen-bond donors (Lipinski definition) is 1. The van der Waals surface area contributed by atoms with Crippen molar-refractivity contribution in [1.82, 2.24) is 5.32 Å². The van der Waals surface area contributed by atoms with Gasteiger partial charge >= 0.3 is 0 Å². The lowest BCUT2D eigenvalue weighted by Gasteiger charge is -2.12. The van der Waals surface area contributed by atoms with Gasteiger partial charge in [0.25, 0.3) is 5.91 Å². The number of ether oxygens (including phenoxy) is 1. The molecule has 0 heterocycles. The third-order valence-electron chi connectivity index (χ3n) is 4.17. The average molecular weight is 359 g/mol. The number of Topliss-reactive ketones (excluding diaryl/α,β-unsaturated/α-hetero) is 1. The van der Waals surface area contributed by atoms with E-state index in [4.69, 9.17) is 4.74 Å². The van der Waals surface area contributed by atoms with E-state index in [0.717, 1.165) is 16.9 Å². The van der Waals surface area contributed by atoms with Gasteiger partial charge in [-0.2, -0.15) is 0 Å². The molecule has 0 spiro atoms. The first-order valence-electron chi connectivity index (χ1n) is 8.81. The molecule has 0 fully saturated rings. The normalized spacial score (nSPS) is 10.3. The van der Waals surface area contributed by atoms with Crippen molar-refractivity contribution in [2.75, 3.05) is 13.2 Å². The highest BCUT2D eigenvalue weighted by Crippen LogP contribution is 2.29. The van der Waals surface area contributed by atoms with Crippen molar-refractivity contribution in [3.05, 3.63) is 90.0 Å². The number of para-hydroxylation sites is 1. The van der Waals surface area contributed by atoms with Crippen LogP contribution in [-0.4, -0.2) is 24.8 Å². The summed E-state index contributed by atoms with van der Waals surface area (Å²) in [5, 5.41) is 2.83. The SMILES string of the molecule is CC(=O)c1ccc(C(=O)NCCOc2ccccc2-c2ccccc2)cc1. The van der Waals surface area contributed by atoms with Crippen molar-refractivity contribution >= 4 is 11.7 Å². The molecular formula is C23H21NO3. The van der Waals surface area contributed by atoms with E-state index in [0.29, 0.717) is 24.3 Å². The molecular weight excluding hydrogens is 338 g/mol. The van der Waals surface area contributed by atoms with Crippen LogP contribution in [-0.2, 0) is 0 Å². The summed E-state index contributed by atoms with van der Waals surface area (Å²) >= 11 is 0. The third kappa shape index (κ3) is 4.82. The van der Waals surface area contributed by atoms with Crippen LogP contribution in [0.25, 0.3) is 11.1 Å². The first-order chi connectivity index (χ1) is 13.1. The predicted octanol–water partition coefficient (Wildman–Crippen LogP) is 4.37. The molecule has 0 saturated carbocycles. The summed E-state index contributed by atoms with van der Waals surface area (Å²) < 4.78 is 5.87. The topological polar surface area (TPSA) is 55.4 Å². The van der Waals surface area contributed by atoms with Crippen LogP contribution in [0.3, 0.4) is 0 Å². The van der Waals surface area contributed by atoms with Gasteiger partial charge in [0.15, 0.2) is 5.78 Å². The number of carbonyl (C=O) groups is 2. The molecule has 0 bridgehead atoms. The number of carbonyl (C=O) groups excluding carboxylic acids is 2. The fourth-order valence-electron chi connectivity index (χ4n) is 2.73. The summed E-state index contributed by atoms with van der Waals surface area (Å²) in [7, 11) is 0. The van der Waals surface area contributed by atoms with E-state index in [9.17, 15) is 9.59 Å². The summed E-state index contributed by atoms with van der Waals surface area (Å²) in [6.45, 7) is 2.25. The molecule has 0 atom stereocenters. The van der Waals surface area contributed by atoms with Gasteiger partial charge in [-0.3, -0.25) is 9.59 Å². The van der Waals surface area contributed by atoms with Gasteiger partial charge in [-0.15, -0.1) is 0 Å². The van der Waals surface area contributed by atoms with Crippen molar-refractivity contribution in [2.24, 2.45) is 0 Å². The molecule has 4 heteroatoms. The quantitative estimate of drug-likeness (QED) is 0.504. The Labute approximate surface area is 158 Å². The van der Waals surface area contributed by atoms with Gasteiger partial charge in [0.2, 0.25) is 0 Å². The van der Waals surface area contributed by atoms with Crippen LogP contribution in [0.5, 0.6) is 5.75 Å². The van der Waals surface area contributed by atoms with Crippen molar-refractivity contribution < 1.29 is 14.3 Å². The molecule has 4 nitrogen and oxygen atoms in total. The highest BCUT2D eigenvalue weighted by atomic mass is 16.5. The number of nitrogens with one attached hydrogen (secondary N) is 1. The van der Waals surface area contributed by atoms with Crippen LogP contribution in [0.4, 0.5) is 0 Å². The Morgan fingerprint density at radius 3 is 2.15 bits per heavy atom. The minimum absolute atomic E-state index is 0.0209. The maximum atomic E-state index is 12.2. The van der Waals surface area contributed by atoms with Crippen LogP contribution in [0.1, 0.15) is 27.6 Å². The second-order valence-corrected chi connectivity index (χ2v) is 6.10. The Kier molecular flexibility index (Phi) is 6.00. The van der Waals surface area contributed by atoms with E-state index >= 15 is 0 Å². The molecule has 27 heavy (non-hydrogen) atoms. The number of rotatable bonds is 7. The average Bonchev–Trinajstić information content (AvgIpc) is 2.72. The van der Waals surface area contributed by atoms with Gasteiger partial charge in [0.05, 0.1) is 6.54 Å². The van der Waals surface area contributed by atoms with E-state index in [1.165, 1.54) is 6.92 Å². The molecule has 0 aliphatic carbocycles. The van der Waals surface area contributed by atoms with E-state index in [1.54, 1.807) is 24.3 Å². The van der Waals surface area contributed by atoms with Crippen LogP contribution in [0.2, 0.25) is 0 Å². The van der Waals surface area contributed by atoms with E-state index in [-0.39, 0.29) is 11.7 Å². The van der Waals surface area contributed by atoms with Crippen molar-refractivity contribution in [1.29, 1.82) is 0 Å². The van der Waals surface area contributed by atoms with Gasteiger partial charge in [-0.05, 0) is 30.7 Å². The molecule has 0 radical (unpaired) electrons. The monoisotopic (exact) mass is 359 g/mol. The van der Waals surface area contributed by atoms with Gasteiger partial charge in [-0.25, -0.2) is 0 Å². The molecule has 136 valence electrons. The highest BCUT2D eigenvalue weighted by molar-refractivity contribution is 5.97. The smallest absolute Gasteiger partial charge is 0.251 e. The fraction of sp³-hybridized carbons (Fsp3) is 0.130. The Morgan fingerprint density at radius 2 is 1.44 bits per heavy atom. The number of ketones is 1. The summed E-state index contributed by atoms with van der Waals surface area (Å²) in [5.74, 6) is 0.571. The molecule has 3 rings (SSSR count). The molecule has 1 N–H and O–H groups in total. The van der Waals surface area contributed by atoms with Crippen LogP contribution >= 0.6 is 0 Å². The lowest BCUT2D eigenvalue weighted by Crippen LogP contribution is -2.28. The molecule has 3 aromatic carbocycles. The van der Waals surface area contributed by atoms with Crippen molar-refractivity contribution in [3.63, 3.8) is 0 Å². The summed E-state index contributed by atoms with van der Waals surface area (Å²) in [5.41, 5.74) is 3.21. The van der Waals surface area contributed by atoms with Gasteiger partial charge in [0.1, 0.15) is 12.4 Å². The third-order valence-corrected chi connectivity index (χ3v) is 4.17. The van der Waals surface area contributed by atoms with E-state index in [1.807, 2.05) is 54.6 Å².